The maximum Gasteiger partial charge on any atom is 0.508 e. The standard InChI is InChI=1S/C32H41FO7/c1-4-5-6-7-8-9-16-36-27-13-14-28(29(33)19-27)25-12-15-30(38-20-24-21-39-32(35)40-22-24)26(18-25)11-10-17-37-31(34)23(2)3/h12-15,18-19,24H,2,4-11,16-17,20-22H2,1,3H3. The van der Waals surface area contributed by atoms with E-state index in [-0.39, 0.29) is 31.6 Å². The van der Waals surface area contributed by atoms with E-state index in [0.29, 0.717) is 54.3 Å². The SMILES string of the molecule is C=C(C)C(=O)OCCCc1cc(-c2ccc(OCCCCCCCC)cc2F)ccc1OCC1COC(=O)OC1. The van der Waals surface area contributed by atoms with Crippen molar-refractivity contribution in [2.45, 2.75) is 65.2 Å². The van der Waals surface area contributed by atoms with Crippen LogP contribution in [0.1, 0.15) is 64.4 Å². The van der Waals surface area contributed by atoms with Crippen LogP contribution >= 0.6 is 0 Å². The van der Waals surface area contributed by atoms with Crippen molar-refractivity contribution >= 4 is 12.1 Å². The summed E-state index contributed by atoms with van der Waals surface area (Å²) in [6.07, 6.45) is 7.42. The average Bonchev–Trinajstić information content (AvgIpc) is 2.95. The lowest BCUT2D eigenvalue weighted by Gasteiger charge is -2.22. The molecule has 1 aliphatic heterocycles. The van der Waals surface area contributed by atoms with Gasteiger partial charge in [-0.1, -0.05) is 51.7 Å². The lowest BCUT2D eigenvalue weighted by Crippen LogP contribution is -2.31. The monoisotopic (exact) mass is 556 g/mol. The zero-order valence-corrected chi connectivity index (χ0v) is 23.7. The van der Waals surface area contributed by atoms with Crippen molar-refractivity contribution in [1.29, 1.82) is 0 Å². The molecule has 0 amide bonds. The van der Waals surface area contributed by atoms with Gasteiger partial charge in [0.25, 0.3) is 0 Å². The van der Waals surface area contributed by atoms with E-state index in [1.54, 1.807) is 19.1 Å². The first-order valence-electron chi connectivity index (χ1n) is 14.2. The number of hydrogen-bond acceptors (Lipinski definition) is 7. The molecule has 2 aromatic rings. The van der Waals surface area contributed by atoms with E-state index >= 15 is 4.39 Å². The van der Waals surface area contributed by atoms with Gasteiger partial charge in [0.05, 0.1) is 25.7 Å². The summed E-state index contributed by atoms with van der Waals surface area (Å²) in [4.78, 5) is 22.9. The maximum absolute atomic E-state index is 15.1. The van der Waals surface area contributed by atoms with Crippen molar-refractivity contribution in [1.82, 2.24) is 0 Å². The molecule has 1 saturated heterocycles. The highest BCUT2D eigenvalue weighted by Crippen LogP contribution is 2.31. The minimum Gasteiger partial charge on any atom is -0.493 e. The third-order valence-corrected chi connectivity index (χ3v) is 6.60. The van der Waals surface area contributed by atoms with Gasteiger partial charge in [-0.25, -0.2) is 14.0 Å². The Bertz CT molecular complexity index is 1120. The molecule has 3 rings (SSSR count). The predicted molar refractivity (Wildman–Crippen MR) is 151 cm³/mol. The van der Waals surface area contributed by atoms with Gasteiger partial charge in [-0.2, -0.15) is 0 Å². The molecule has 0 N–H and O–H groups in total. The van der Waals surface area contributed by atoms with E-state index in [9.17, 15) is 9.59 Å². The van der Waals surface area contributed by atoms with Crippen LogP contribution in [-0.2, 0) is 25.4 Å². The van der Waals surface area contributed by atoms with E-state index in [1.807, 2.05) is 18.2 Å². The number of halogens is 1. The fourth-order valence-corrected chi connectivity index (χ4v) is 4.29. The third kappa shape index (κ3) is 10.2. The number of hydrogen-bond donors (Lipinski definition) is 0. The first-order valence-corrected chi connectivity index (χ1v) is 14.2. The van der Waals surface area contributed by atoms with Crippen molar-refractivity contribution in [2.75, 3.05) is 33.0 Å². The van der Waals surface area contributed by atoms with Gasteiger partial charge < -0.3 is 23.7 Å². The van der Waals surface area contributed by atoms with Gasteiger partial charge in [-0.05, 0) is 61.6 Å². The molecule has 0 spiro atoms. The molecular weight excluding hydrogens is 515 g/mol. The lowest BCUT2D eigenvalue weighted by atomic mass is 9.99. The molecule has 0 aromatic heterocycles. The van der Waals surface area contributed by atoms with Gasteiger partial charge >= 0.3 is 12.1 Å². The summed E-state index contributed by atoms with van der Waals surface area (Å²) in [7, 11) is 0. The molecule has 0 bridgehead atoms. The molecule has 0 unspecified atom stereocenters. The second-order valence-corrected chi connectivity index (χ2v) is 10.1. The summed E-state index contributed by atoms with van der Waals surface area (Å²) in [6.45, 7) is 8.93. The Morgan fingerprint density at radius 3 is 2.45 bits per heavy atom. The number of carbonyl (C=O) groups excluding carboxylic acids is 2. The number of aryl methyl sites for hydroxylation is 1. The minimum atomic E-state index is -0.675. The summed E-state index contributed by atoms with van der Waals surface area (Å²) < 4.78 is 42.1. The van der Waals surface area contributed by atoms with Gasteiger partial charge in [-0.15, -0.1) is 0 Å². The van der Waals surface area contributed by atoms with Crippen LogP contribution in [0.25, 0.3) is 11.1 Å². The Kier molecular flexibility index (Phi) is 12.8. The van der Waals surface area contributed by atoms with Crippen LogP contribution in [0.15, 0.2) is 48.6 Å². The van der Waals surface area contributed by atoms with Crippen LogP contribution in [0.5, 0.6) is 11.5 Å². The lowest BCUT2D eigenvalue weighted by molar-refractivity contribution is -0.139. The Hall–Kier alpha value is -3.55. The van der Waals surface area contributed by atoms with E-state index < -0.39 is 12.1 Å². The van der Waals surface area contributed by atoms with Gasteiger partial charge in [0.15, 0.2) is 0 Å². The number of cyclic esters (lactones) is 2. The zero-order chi connectivity index (χ0) is 28.7. The summed E-state index contributed by atoms with van der Waals surface area (Å²) in [5, 5.41) is 0. The second-order valence-electron chi connectivity index (χ2n) is 10.1. The second kappa shape index (κ2) is 16.5. The van der Waals surface area contributed by atoms with Crippen molar-refractivity contribution in [3.05, 3.63) is 59.9 Å². The molecule has 1 fully saturated rings. The predicted octanol–water partition coefficient (Wildman–Crippen LogP) is 7.45. The smallest absolute Gasteiger partial charge is 0.493 e. The normalized spacial score (nSPS) is 13.3. The number of esters is 1. The highest BCUT2D eigenvalue weighted by molar-refractivity contribution is 5.86. The van der Waals surface area contributed by atoms with Gasteiger partial charge in [-0.3, -0.25) is 0 Å². The summed E-state index contributed by atoms with van der Waals surface area (Å²) in [6, 6.07) is 10.5. The quantitative estimate of drug-likeness (QED) is 0.114. The highest BCUT2D eigenvalue weighted by atomic mass is 19.1. The number of ether oxygens (including phenoxy) is 5. The Balaban J connectivity index is 1.65. The summed E-state index contributed by atoms with van der Waals surface area (Å²) in [5.41, 5.74) is 2.36. The molecule has 40 heavy (non-hydrogen) atoms. The molecule has 7 nitrogen and oxygen atoms in total. The van der Waals surface area contributed by atoms with Crippen molar-refractivity contribution in [3.63, 3.8) is 0 Å². The molecule has 0 saturated carbocycles. The number of rotatable bonds is 17. The topological polar surface area (TPSA) is 80.3 Å². The van der Waals surface area contributed by atoms with E-state index in [2.05, 4.69) is 13.5 Å². The largest absolute Gasteiger partial charge is 0.508 e. The fraction of sp³-hybridized carbons (Fsp3) is 0.500. The fourth-order valence-electron chi connectivity index (χ4n) is 4.29. The molecule has 218 valence electrons. The van der Waals surface area contributed by atoms with Crippen LogP contribution in [0.3, 0.4) is 0 Å². The van der Waals surface area contributed by atoms with E-state index in [0.717, 1.165) is 18.4 Å². The van der Waals surface area contributed by atoms with Gasteiger partial charge in [0.1, 0.15) is 30.5 Å². The van der Waals surface area contributed by atoms with Crippen LogP contribution in [-0.4, -0.2) is 45.2 Å². The van der Waals surface area contributed by atoms with Crippen molar-refractivity contribution < 1.29 is 37.7 Å². The average molecular weight is 557 g/mol. The van der Waals surface area contributed by atoms with Crippen LogP contribution < -0.4 is 9.47 Å². The third-order valence-electron chi connectivity index (χ3n) is 6.60. The Morgan fingerprint density at radius 1 is 0.975 bits per heavy atom. The maximum atomic E-state index is 15.1. The summed E-state index contributed by atoms with van der Waals surface area (Å²) in [5.74, 6) is 0.258. The number of unbranched alkanes of at least 4 members (excludes halogenated alkanes) is 5. The molecule has 8 heteroatoms. The highest BCUT2D eigenvalue weighted by Gasteiger charge is 2.22. The van der Waals surface area contributed by atoms with Gasteiger partial charge in [0.2, 0.25) is 0 Å². The number of benzene rings is 2. The molecule has 0 radical (unpaired) electrons. The molecule has 1 heterocycles. The van der Waals surface area contributed by atoms with E-state index in [4.69, 9.17) is 23.7 Å². The van der Waals surface area contributed by atoms with Crippen molar-refractivity contribution in [2.24, 2.45) is 5.92 Å². The zero-order valence-electron chi connectivity index (χ0n) is 23.7. The number of carbonyl (C=O) groups is 2. The summed E-state index contributed by atoms with van der Waals surface area (Å²) >= 11 is 0. The Labute approximate surface area is 236 Å². The minimum absolute atomic E-state index is 0.0944. The Morgan fingerprint density at radius 2 is 1.73 bits per heavy atom. The molecule has 0 atom stereocenters. The van der Waals surface area contributed by atoms with E-state index in [1.165, 1.54) is 31.7 Å². The van der Waals surface area contributed by atoms with Crippen LogP contribution in [0.2, 0.25) is 0 Å². The first kappa shape index (κ1) is 31.0. The molecular formula is C32H41FO7. The molecule has 1 aliphatic rings. The van der Waals surface area contributed by atoms with Crippen LogP contribution in [0, 0.1) is 11.7 Å². The molecule has 0 aliphatic carbocycles. The van der Waals surface area contributed by atoms with Gasteiger partial charge in [0, 0.05) is 17.2 Å². The van der Waals surface area contributed by atoms with Crippen LogP contribution in [0.4, 0.5) is 9.18 Å². The van der Waals surface area contributed by atoms with Crippen molar-refractivity contribution in [3.8, 4) is 22.6 Å². The molecule has 2 aromatic carbocycles. The first-order chi connectivity index (χ1) is 19.4.